The molecule has 0 bridgehead atoms. The third-order valence-electron chi connectivity index (χ3n) is 8.01. The first-order chi connectivity index (χ1) is 18.2. The highest BCUT2D eigenvalue weighted by molar-refractivity contribution is 6.18. The van der Waals surface area contributed by atoms with Crippen LogP contribution in [0.15, 0.2) is 84.7 Å². The molecule has 7 rings (SSSR count). The van der Waals surface area contributed by atoms with Crippen LogP contribution in [0.4, 0.5) is 0 Å². The highest BCUT2D eigenvalue weighted by atomic mass is 16.3. The summed E-state index contributed by atoms with van der Waals surface area (Å²) in [6.45, 7) is 0. The fourth-order valence-corrected chi connectivity index (χ4v) is 6.45. The fraction of sp³-hybridized carbons (Fsp3) is 0.333. The molecule has 0 radical (unpaired) electrons. The minimum absolute atomic E-state index is 0.189. The quantitative estimate of drug-likeness (QED) is 0.551. The number of rotatable bonds is 3. The Hall–Kier alpha value is -4.54. The van der Waals surface area contributed by atoms with Gasteiger partial charge in [0.15, 0.2) is 17.0 Å². The van der Waals surface area contributed by atoms with E-state index in [2.05, 4.69) is 22.8 Å². The maximum atomic E-state index is 14.6. The van der Waals surface area contributed by atoms with E-state index in [0.717, 1.165) is 18.5 Å². The molecule has 2 N–H and O–H groups in total. The van der Waals surface area contributed by atoms with Gasteiger partial charge in [-0.3, -0.25) is 15.0 Å². The minimum atomic E-state index is -1.79. The average molecular weight is 495 g/mol. The van der Waals surface area contributed by atoms with Gasteiger partial charge in [-0.05, 0) is 67.7 Å². The minimum Gasteiger partial charge on any atom is -0.467 e. The van der Waals surface area contributed by atoms with E-state index in [0.29, 0.717) is 35.7 Å². The molecule has 3 aromatic rings. The van der Waals surface area contributed by atoms with E-state index in [1.165, 1.54) is 23.7 Å². The van der Waals surface area contributed by atoms with Crippen molar-refractivity contribution in [2.75, 3.05) is 0 Å². The number of nitriles is 2. The van der Waals surface area contributed by atoms with Crippen molar-refractivity contribution in [3.8, 4) is 12.1 Å². The third-order valence-corrected chi connectivity index (χ3v) is 8.01. The standard InChI is InChI=1S/C27H22N6O4/c28-14-26-16-6-1-2-7-17(16)30-21(18-8-3-11-35-18)27(26,15-29)24-32-22(19-9-4-12-36-19)31-23(33(24)25(26)34)20-10-5-13-37-20/h3-5,8-13,21-23,30-31H,1-2,6-7H2. The number of hydrogen-bond acceptors (Lipinski definition) is 9. The summed E-state index contributed by atoms with van der Waals surface area (Å²) in [4.78, 5) is 21.0. The number of carbonyl (C=O) groups excluding carboxylic acids is 1. The Morgan fingerprint density at radius 1 is 0.946 bits per heavy atom. The Kier molecular flexibility index (Phi) is 4.54. The Morgan fingerprint density at radius 3 is 2.27 bits per heavy atom. The molecule has 184 valence electrons. The molecule has 3 aromatic heterocycles. The number of carbonyl (C=O) groups is 1. The van der Waals surface area contributed by atoms with Gasteiger partial charge in [0.25, 0.3) is 5.91 Å². The first-order valence-corrected chi connectivity index (χ1v) is 12.3. The number of furan rings is 3. The van der Waals surface area contributed by atoms with Crippen LogP contribution in [-0.4, -0.2) is 16.6 Å². The third kappa shape index (κ3) is 2.60. The highest BCUT2D eigenvalue weighted by Crippen LogP contribution is 2.65. The van der Waals surface area contributed by atoms with E-state index in [9.17, 15) is 15.3 Å². The normalized spacial score (nSPS) is 32.5. The summed E-state index contributed by atoms with van der Waals surface area (Å²) >= 11 is 0. The van der Waals surface area contributed by atoms with Crippen molar-refractivity contribution in [2.45, 2.75) is 44.1 Å². The topological polar surface area (TPSA) is 144 Å². The molecule has 0 spiro atoms. The fourth-order valence-electron chi connectivity index (χ4n) is 6.45. The predicted octanol–water partition coefficient (Wildman–Crippen LogP) is 4.20. The summed E-state index contributed by atoms with van der Waals surface area (Å²) in [5.41, 5.74) is -1.99. The van der Waals surface area contributed by atoms with Crippen molar-refractivity contribution < 1.29 is 18.0 Å². The lowest BCUT2D eigenvalue weighted by atomic mass is 9.54. The molecule has 6 heterocycles. The van der Waals surface area contributed by atoms with Crippen molar-refractivity contribution >= 4 is 11.7 Å². The molecular formula is C27H22N6O4. The summed E-state index contributed by atoms with van der Waals surface area (Å²) in [5.74, 6) is 1.12. The Labute approximate surface area is 211 Å². The van der Waals surface area contributed by atoms with Crippen LogP contribution in [0, 0.1) is 33.5 Å². The number of amidine groups is 1. The van der Waals surface area contributed by atoms with E-state index < -0.39 is 35.1 Å². The zero-order valence-corrected chi connectivity index (χ0v) is 19.7. The first kappa shape index (κ1) is 21.7. The summed E-state index contributed by atoms with van der Waals surface area (Å²) < 4.78 is 17.2. The molecule has 5 atom stereocenters. The van der Waals surface area contributed by atoms with Gasteiger partial charge in [0.2, 0.25) is 0 Å². The Balaban J connectivity index is 1.55. The van der Waals surface area contributed by atoms with Crippen LogP contribution < -0.4 is 10.6 Å². The number of nitrogens with one attached hydrogen (secondary N) is 2. The summed E-state index contributed by atoms with van der Waals surface area (Å²) in [6.07, 6.45) is 6.03. The molecule has 1 fully saturated rings. The zero-order chi connectivity index (χ0) is 25.2. The van der Waals surface area contributed by atoms with Gasteiger partial charge in [-0.2, -0.15) is 10.5 Å². The smallest absolute Gasteiger partial charge is 0.256 e. The molecule has 37 heavy (non-hydrogen) atoms. The van der Waals surface area contributed by atoms with Gasteiger partial charge in [0.05, 0.1) is 30.9 Å². The largest absolute Gasteiger partial charge is 0.467 e. The van der Waals surface area contributed by atoms with Crippen LogP contribution in [0.1, 0.15) is 61.3 Å². The van der Waals surface area contributed by atoms with Crippen molar-refractivity contribution in [1.82, 2.24) is 15.5 Å². The molecule has 10 heteroatoms. The van der Waals surface area contributed by atoms with Crippen molar-refractivity contribution in [1.29, 1.82) is 10.5 Å². The summed E-state index contributed by atoms with van der Waals surface area (Å²) in [5, 5.41) is 28.8. The van der Waals surface area contributed by atoms with Gasteiger partial charge in [-0.25, -0.2) is 4.99 Å². The Bertz CT molecular complexity index is 1510. The number of nitrogens with zero attached hydrogens (tertiary/aromatic N) is 4. The SMILES string of the molecule is N#CC12C(=O)N3C(=NC(c4ccco4)NC3c3ccco3)C1(C#N)C(c1ccco1)NC1=C2CCCC1. The van der Waals surface area contributed by atoms with E-state index >= 15 is 0 Å². The van der Waals surface area contributed by atoms with Gasteiger partial charge in [0.1, 0.15) is 35.3 Å². The second-order valence-electron chi connectivity index (χ2n) is 9.67. The number of hydrogen-bond donors (Lipinski definition) is 2. The van der Waals surface area contributed by atoms with E-state index in [1.54, 1.807) is 36.4 Å². The van der Waals surface area contributed by atoms with E-state index in [-0.39, 0.29) is 5.84 Å². The molecule has 1 amide bonds. The molecule has 4 aliphatic rings. The second-order valence-corrected chi connectivity index (χ2v) is 9.67. The van der Waals surface area contributed by atoms with Crippen LogP contribution in [0.5, 0.6) is 0 Å². The van der Waals surface area contributed by atoms with E-state index in [4.69, 9.17) is 18.2 Å². The number of fused-ring (bicyclic) bond motifs is 4. The van der Waals surface area contributed by atoms with Crippen molar-refractivity contribution in [3.63, 3.8) is 0 Å². The molecule has 1 aliphatic carbocycles. The molecule has 1 saturated heterocycles. The van der Waals surface area contributed by atoms with Gasteiger partial charge >= 0.3 is 0 Å². The van der Waals surface area contributed by atoms with Crippen LogP contribution in [0.3, 0.4) is 0 Å². The van der Waals surface area contributed by atoms with Crippen molar-refractivity contribution in [3.05, 3.63) is 83.7 Å². The predicted molar refractivity (Wildman–Crippen MR) is 126 cm³/mol. The summed E-state index contributed by atoms with van der Waals surface area (Å²) in [6, 6.07) is 14.5. The second kappa shape index (κ2) is 7.73. The average Bonchev–Trinajstić information content (AvgIpc) is 3.75. The molecule has 0 aromatic carbocycles. The van der Waals surface area contributed by atoms with Gasteiger partial charge in [-0.1, -0.05) is 0 Å². The first-order valence-electron chi connectivity index (χ1n) is 12.3. The van der Waals surface area contributed by atoms with Crippen molar-refractivity contribution in [2.24, 2.45) is 15.8 Å². The lowest BCUT2D eigenvalue weighted by molar-refractivity contribution is -0.135. The van der Waals surface area contributed by atoms with Gasteiger partial charge in [-0.15, -0.1) is 0 Å². The Morgan fingerprint density at radius 2 is 1.62 bits per heavy atom. The lowest BCUT2D eigenvalue weighted by Crippen LogP contribution is -2.57. The molecular weight excluding hydrogens is 472 g/mol. The number of amides is 1. The van der Waals surface area contributed by atoms with Crippen LogP contribution in [0.2, 0.25) is 0 Å². The van der Waals surface area contributed by atoms with Crippen LogP contribution in [-0.2, 0) is 4.79 Å². The molecule has 0 saturated carbocycles. The summed E-state index contributed by atoms with van der Waals surface area (Å²) in [7, 11) is 0. The lowest BCUT2D eigenvalue weighted by Gasteiger charge is -2.47. The van der Waals surface area contributed by atoms with Crippen LogP contribution >= 0.6 is 0 Å². The number of aliphatic imine (C=N–C) groups is 1. The molecule has 10 nitrogen and oxygen atoms in total. The van der Waals surface area contributed by atoms with Crippen LogP contribution in [0.25, 0.3) is 0 Å². The zero-order valence-electron chi connectivity index (χ0n) is 19.7. The maximum Gasteiger partial charge on any atom is 0.256 e. The van der Waals surface area contributed by atoms with Gasteiger partial charge in [0, 0.05) is 5.70 Å². The maximum absolute atomic E-state index is 14.6. The molecule has 5 unspecified atom stereocenters. The number of allylic oxidation sites excluding steroid dienone is 1. The van der Waals surface area contributed by atoms with E-state index in [1.807, 2.05) is 0 Å². The monoisotopic (exact) mass is 494 g/mol. The highest BCUT2D eigenvalue weighted by Gasteiger charge is 2.78. The molecule has 3 aliphatic heterocycles. The van der Waals surface area contributed by atoms with Gasteiger partial charge < -0.3 is 18.6 Å².